The van der Waals surface area contributed by atoms with Crippen molar-refractivity contribution in [2.24, 2.45) is 5.92 Å². The molecule has 2 N–H and O–H groups in total. The Kier molecular flexibility index (Phi) is 4.34. The number of thiocarbonyl (C=S) groups is 1. The third-order valence-electron chi connectivity index (χ3n) is 3.67. The molecule has 2 heterocycles. The standard InChI is InChI=1S/C16H11F3N2O3S/c17-16(18,19)11-4-2-1-3-9(11)12-6-5-8(24-12)7-10-13(22)20-15(25)21-14(10)23/h1-6,10H,7H2,(H2,20,21,22,23,25). The van der Waals surface area contributed by atoms with Crippen LogP contribution in [0.4, 0.5) is 13.2 Å². The molecule has 0 unspecified atom stereocenters. The highest BCUT2D eigenvalue weighted by Gasteiger charge is 2.35. The van der Waals surface area contributed by atoms with E-state index in [-0.39, 0.29) is 28.6 Å². The zero-order valence-electron chi connectivity index (χ0n) is 12.5. The molecule has 2 amide bonds. The van der Waals surface area contributed by atoms with Crippen molar-refractivity contribution in [3.63, 3.8) is 0 Å². The van der Waals surface area contributed by atoms with Gasteiger partial charge in [0.2, 0.25) is 11.8 Å². The lowest BCUT2D eigenvalue weighted by Gasteiger charge is -2.21. The van der Waals surface area contributed by atoms with Crippen LogP contribution in [0, 0.1) is 5.92 Å². The maximum Gasteiger partial charge on any atom is 0.417 e. The summed E-state index contributed by atoms with van der Waals surface area (Å²) in [5, 5.41) is 4.56. The summed E-state index contributed by atoms with van der Waals surface area (Å²) < 4.78 is 44.7. The van der Waals surface area contributed by atoms with E-state index in [9.17, 15) is 22.8 Å². The molecule has 0 radical (unpaired) electrons. The first-order valence-corrected chi connectivity index (χ1v) is 7.57. The third-order valence-corrected chi connectivity index (χ3v) is 3.88. The Balaban J connectivity index is 1.86. The van der Waals surface area contributed by atoms with Gasteiger partial charge in [0.05, 0.1) is 5.56 Å². The van der Waals surface area contributed by atoms with E-state index in [2.05, 4.69) is 10.6 Å². The molecule has 2 aromatic rings. The summed E-state index contributed by atoms with van der Waals surface area (Å²) in [6.07, 6.45) is -4.61. The van der Waals surface area contributed by atoms with Crippen LogP contribution in [0.1, 0.15) is 11.3 Å². The van der Waals surface area contributed by atoms with Crippen molar-refractivity contribution in [2.45, 2.75) is 12.6 Å². The largest absolute Gasteiger partial charge is 0.461 e. The summed E-state index contributed by atoms with van der Waals surface area (Å²) in [6, 6.07) is 7.83. The van der Waals surface area contributed by atoms with E-state index in [1.807, 2.05) is 0 Å². The second-order valence-corrected chi connectivity index (χ2v) is 5.78. The smallest absolute Gasteiger partial charge is 0.417 e. The van der Waals surface area contributed by atoms with Gasteiger partial charge in [-0.25, -0.2) is 0 Å². The Morgan fingerprint density at radius 3 is 2.32 bits per heavy atom. The van der Waals surface area contributed by atoms with Crippen LogP contribution in [0.2, 0.25) is 0 Å². The molecular formula is C16H11F3N2O3S. The van der Waals surface area contributed by atoms with Gasteiger partial charge in [-0.05, 0) is 30.4 Å². The molecule has 9 heteroatoms. The molecule has 1 aromatic carbocycles. The molecule has 1 saturated heterocycles. The minimum Gasteiger partial charge on any atom is -0.461 e. The predicted molar refractivity (Wildman–Crippen MR) is 85.2 cm³/mol. The number of hydrogen-bond donors (Lipinski definition) is 2. The molecule has 3 rings (SSSR count). The quantitative estimate of drug-likeness (QED) is 0.646. The van der Waals surface area contributed by atoms with Gasteiger partial charge in [0.25, 0.3) is 0 Å². The minimum atomic E-state index is -4.53. The number of benzene rings is 1. The summed E-state index contributed by atoms with van der Waals surface area (Å²) in [5.41, 5.74) is -0.936. The van der Waals surface area contributed by atoms with Crippen molar-refractivity contribution in [2.75, 3.05) is 0 Å². The van der Waals surface area contributed by atoms with Crippen LogP contribution in [0.3, 0.4) is 0 Å². The molecule has 130 valence electrons. The van der Waals surface area contributed by atoms with Crippen molar-refractivity contribution in [3.8, 4) is 11.3 Å². The van der Waals surface area contributed by atoms with Crippen LogP contribution in [0.5, 0.6) is 0 Å². The Labute approximate surface area is 145 Å². The fourth-order valence-electron chi connectivity index (χ4n) is 2.51. The maximum atomic E-state index is 13.1. The fraction of sp³-hybridized carbons (Fsp3) is 0.188. The SMILES string of the molecule is O=C1NC(=S)NC(=O)C1Cc1ccc(-c2ccccc2C(F)(F)F)o1. The number of hydrogen-bond acceptors (Lipinski definition) is 4. The van der Waals surface area contributed by atoms with E-state index in [1.165, 1.54) is 30.3 Å². The lowest BCUT2D eigenvalue weighted by Crippen LogP contribution is -2.56. The number of carbonyl (C=O) groups excluding carboxylic acids is 2. The van der Waals surface area contributed by atoms with Crippen LogP contribution in [0.15, 0.2) is 40.8 Å². The second kappa shape index (κ2) is 6.32. The first-order valence-electron chi connectivity index (χ1n) is 7.16. The maximum absolute atomic E-state index is 13.1. The van der Waals surface area contributed by atoms with Gasteiger partial charge in [-0.2, -0.15) is 13.2 Å². The molecule has 0 aliphatic carbocycles. The molecule has 0 atom stereocenters. The summed E-state index contributed by atoms with van der Waals surface area (Å²) in [6.45, 7) is 0. The third kappa shape index (κ3) is 3.55. The molecule has 25 heavy (non-hydrogen) atoms. The first kappa shape index (κ1) is 17.2. The average Bonchev–Trinajstić information content (AvgIpc) is 2.98. The Bertz CT molecular complexity index is 840. The highest BCUT2D eigenvalue weighted by Crippen LogP contribution is 2.37. The Morgan fingerprint density at radius 2 is 1.68 bits per heavy atom. The van der Waals surface area contributed by atoms with Crippen molar-refractivity contribution < 1.29 is 27.2 Å². The molecular weight excluding hydrogens is 357 g/mol. The molecule has 1 fully saturated rings. The van der Waals surface area contributed by atoms with Gasteiger partial charge in [0, 0.05) is 12.0 Å². The van der Waals surface area contributed by atoms with Crippen LogP contribution in [-0.4, -0.2) is 16.9 Å². The van der Waals surface area contributed by atoms with E-state index >= 15 is 0 Å². The molecule has 1 aliphatic rings. The lowest BCUT2D eigenvalue weighted by molar-refractivity contribution is -0.137. The van der Waals surface area contributed by atoms with E-state index in [0.29, 0.717) is 0 Å². The lowest BCUT2D eigenvalue weighted by atomic mass is 10.0. The van der Waals surface area contributed by atoms with E-state index in [4.69, 9.17) is 16.6 Å². The van der Waals surface area contributed by atoms with Gasteiger partial charge in [-0.3, -0.25) is 9.59 Å². The average molecular weight is 368 g/mol. The molecule has 0 spiro atoms. The highest BCUT2D eigenvalue weighted by molar-refractivity contribution is 7.80. The fourth-order valence-corrected chi connectivity index (χ4v) is 2.71. The summed E-state index contributed by atoms with van der Waals surface area (Å²) in [4.78, 5) is 23.7. The predicted octanol–water partition coefficient (Wildman–Crippen LogP) is 2.66. The van der Waals surface area contributed by atoms with Crippen molar-refractivity contribution in [3.05, 3.63) is 47.7 Å². The van der Waals surface area contributed by atoms with Gasteiger partial charge in [0.15, 0.2) is 5.11 Å². The number of carbonyl (C=O) groups is 2. The molecule has 1 aliphatic heterocycles. The summed E-state index contributed by atoms with van der Waals surface area (Å²) in [7, 11) is 0. The van der Waals surface area contributed by atoms with Crippen LogP contribution in [-0.2, 0) is 22.2 Å². The zero-order valence-corrected chi connectivity index (χ0v) is 13.3. The van der Waals surface area contributed by atoms with Gasteiger partial charge in [-0.15, -0.1) is 0 Å². The van der Waals surface area contributed by atoms with Crippen molar-refractivity contribution >= 4 is 29.1 Å². The minimum absolute atomic E-state index is 0.00933. The zero-order chi connectivity index (χ0) is 18.2. The number of nitrogens with one attached hydrogen (secondary N) is 2. The number of rotatable bonds is 3. The summed E-state index contributed by atoms with van der Waals surface area (Å²) >= 11 is 4.70. The topological polar surface area (TPSA) is 71.3 Å². The molecule has 0 saturated carbocycles. The van der Waals surface area contributed by atoms with E-state index < -0.39 is 29.5 Å². The second-order valence-electron chi connectivity index (χ2n) is 5.37. The Hall–Kier alpha value is -2.68. The normalized spacial score (nSPS) is 15.9. The highest BCUT2D eigenvalue weighted by atomic mass is 32.1. The number of amides is 2. The van der Waals surface area contributed by atoms with E-state index in [0.717, 1.165) is 6.07 Å². The number of halogens is 3. The first-order chi connectivity index (χ1) is 11.8. The van der Waals surface area contributed by atoms with Crippen LogP contribution in [0.25, 0.3) is 11.3 Å². The molecule has 1 aromatic heterocycles. The van der Waals surface area contributed by atoms with Crippen molar-refractivity contribution in [1.29, 1.82) is 0 Å². The van der Waals surface area contributed by atoms with Crippen molar-refractivity contribution in [1.82, 2.24) is 10.6 Å². The van der Waals surface area contributed by atoms with Gasteiger partial charge in [0.1, 0.15) is 17.4 Å². The molecule has 5 nitrogen and oxygen atoms in total. The van der Waals surface area contributed by atoms with Gasteiger partial charge in [-0.1, -0.05) is 18.2 Å². The number of alkyl halides is 3. The van der Waals surface area contributed by atoms with Crippen LogP contribution >= 0.6 is 12.2 Å². The van der Waals surface area contributed by atoms with E-state index in [1.54, 1.807) is 0 Å². The number of furan rings is 1. The monoisotopic (exact) mass is 368 g/mol. The molecule has 0 bridgehead atoms. The Morgan fingerprint density at radius 1 is 1.04 bits per heavy atom. The van der Waals surface area contributed by atoms with Crippen LogP contribution < -0.4 is 10.6 Å². The van der Waals surface area contributed by atoms with Gasteiger partial charge < -0.3 is 15.1 Å². The summed E-state index contributed by atoms with van der Waals surface area (Å²) in [5.74, 6) is -2.00. The van der Waals surface area contributed by atoms with Gasteiger partial charge >= 0.3 is 6.18 Å².